The van der Waals surface area contributed by atoms with E-state index in [9.17, 15) is 4.79 Å². The molecule has 4 heteroatoms. The van der Waals surface area contributed by atoms with Gasteiger partial charge in [0.15, 0.2) is 0 Å². The Hall–Kier alpha value is -1.16. The molecule has 2 rings (SSSR count). The topological polar surface area (TPSA) is 46.5 Å². The molecule has 0 spiro atoms. The molecular formula is C11H12O3S. The molecule has 1 saturated carbocycles. The number of thioether (sulfide) groups is 1. The average molecular weight is 224 g/mol. The van der Waals surface area contributed by atoms with Gasteiger partial charge in [-0.05, 0) is 37.3 Å². The molecule has 15 heavy (non-hydrogen) atoms. The molecule has 0 atom stereocenters. The van der Waals surface area contributed by atoms with Crippen LogP contribution >= 0.6 is 11.8 Å². The summed E-state index contributed by atoms with van der Waals surface area (Å²) in [7, 11) is 0. The summed E-state index contributed by atoms with van der Waals surface area (Å²) >= 11 is 1.52. The predicted molar refractivity (Wildman–Crippen MR) is 58.8 cm³/mol. The molecule has 0 saturated heterocycles. The molecule has 0 radical (unpaired) electrons. The quantitative estimate of drug-likeness (QED) is 0.799. The monoisotopic (exact) mass is 224 g/mol. The smallest absolute Gasteiger partial charge is 0.339 e. The number of carboxylic acid groups (broad SMARTS) is 1. The van der Waals surface area contributed by atoms with Gasteiger partial charge in [0, 0.05) is 4.90 Å². The highest BCUT2D eigenvalue weighted by Crippen LogP contribution is 2.31. The van der Waals surface area contributed by atoms with E-state index in [0.29, 0.717) is 5.75 Å². The molecule has 0 unspecified atom stereocenters. The highest BCUT2D eigenvalue weighted by atomic mass is 32.2. The molecule has 1 aliphatic carbocycles. The van der Waals surface area contributed by atoms with E-state index in [1.807, 2.05) is 12.3 Å². The van der Waals surface area contributed by atoms with Gasteiger partial charge < -0.3 is 9.84 Å². The lowest BCUT2D eigenvalue weighted by atomic mass is 10.2. The third kappa shape index (κ3) is 2.45. The van der Waals surface area contributed by atoms with Crippen LogP contribution in [0.4, 0.5) is 0 Å². The first kappa shape index (κ1) is 10.4. The summed E-state index contributed by atoms with van der Waals surface area (Å²) in [4.78, 5) is 11.9. The lowest BCUT2D eigenvalue weighted by molar-refractivity contribution is 0.0691. The first-order valence-electron chi connectivity index (χ1n) is 4.78. The second-order valence-electron chi connectivity index (χ2n) is 3.48. The third-order valence-corrected chi connectivity index (χ3v) is 2.96. The van der Waals surface area contributed by atoms with Crippen molar-refractivity contribution in [2.75, 3.05) is 6.26 Å². The average Bonchev–Trinajstić information content (AvgIpc) is 3.02. The number of carboxylic acids is 1. The van der Waals surface area contributed by atoms with Crippen molar-refractivity contribution >= 4 is 17.7 Å². The summed E-state index contributed by atoms with van der Waals surface area (Å²) in [5.41, 5.74) is 0.258. The zero-order valence-electron chi connectivity index (χ0n) is 8.40. The van der Waals surface area contributed by atoms with Crippen LogP contribution in [0.2, 0.25) is 0 Å². The minimum Gasteiger partial charge on any atom is -0.490 e. The number of hydrogen-bond acceptors (Lipinski definition) is 3. The normalized spacial score (nSPS) is 15.0. The third-order valence-electron chi connectivity index (χ3n) is 2.24. The molecule has 0 aliphatic heterocycles. The van der Waals surface area contributed by atoms with E-state index in [1.54, 1.807) is 12.1 Å². The van der Waals surface area contributed by atoms with Gasteiger partial charge in [-0.15, -0.1) is 11.8 Å². The maximum absolute atomic E-state index is 11.0. The lowest BCUT2D eigenvalue weighted by Gasteiger charge is -2.08. The van der Waals surface area contributed by atoms with Crippen LogP contribution in [0.25, 0.3) is 0 Å². The molecule has 0 bridgehead atoms. The van der Waals surface area contributed by atoms with Gasteiger partial charge >= 0.3 is 5.97 Å². The van der Waals surface area contributed by atoms with E-state index in [4.69, 9.17) is 9.84 Å². The predicted octanol–water partition coefficient (Wildman–Crippen LogP) is 2.65. The molecule has 0 aromatic heterocycles. The van der Waals surface area contributed by atoms with Gasteiger partial charge in [-0.2, -0.15) is 0 Å². The minimum absolute atomic E-state index is 0.225. The van der Waals surface area contributed by atoms with Crippen LogP contribution in [-0.4, -0.2) is 23.4 Å². The van der Waals surface area contributed by atoms with Crippen molar-refractivity contribution in [1.29, 1.82) is 0 Å². The standard InChI is InChI=1S/C11H12O3S/c1-15-8-4-5-10(14-7-2-3-7)9(6-8)11(12)13/h4-7H,2-3H2,1H3,(H,12,13). The number of aromatic carboxylic acids is 1. The van der Waals surface area contributed by atoms with Gasteiger partial charge in [-0.3, -0.25) is 0 Å². The van der Waals surface area contributed by atoms with E-state index in [1.165, 1.54) is 11.8 Å². The van der Waals surface area contributed by atoms with E-state index in [0.717, 1.165) is 17.7 Å². The Kier molecular flexibility index (Phi) is 2.86. The van der Waals surface area contributed by atoms with Gasteiger partial charge in [-0.25, -0.2) is 4.79 Å². The van der Waals surface area contributed by atoms with Crippen LogP contribution in [0.5, 0.6) is 5.75 Å². The largest absolute Gasteiger partial charge is 0.490 e. The maximum Gasteiger partial charge on any atom is 0.339 e. The lowest BCUT2D eigenvalue weighted by Crippen LogP contribution is -2.04. The fourth-order valence-corrected chi connectivity index (χ4v) is 1.71. The fraction of sp³-hybridized carbons (Fsp3) is 0.364. The summed E-state index contributed by atoms with van der Waals surface area (Å²) in [5.74, 6) is -0.440. The first-order chi connectivity index (χ1) is 7.20. The van der Waals surface area contributed by atoms with Gasteiger partial charge in [-0.1, -0.05) is 0 Å². The molecule has 1 aromatic carbocycles. The van der Waals surface area contributed by atoms with Gasteiger partial charge in [0.2, 0.25) is 0 Å². The fourth-order valence-electron chi connectivity index (χ4n) is 1.27. The van der Waals surface area contributed by atoms with Crippen LogP contribution in [0.1, 0.15) is 23.2 Å². The SMILES string of the molecule is CSc1ccc(OC2CC2)c(C(=O)O)c1. The zero-order chi connectivity index (χ0) is 10.8. The van der Waals surface area contributed by atoms with E-state index >= 15 is 0 Å². The molecule has 0 heterocycles. The second-order valence-corrected chi connectivity index (χ2v) is 4.36. The Labute approximate surface area is 92.4 Å². The highest BCUT2D eigenvalue weighted by molar-refractivity contribution is 7.98. The van der Waals surface area contributed by atoms with E-state index < -0.39 is 5.97 Å². The summed E-state index contributed by atoms with van der Waals surface area (Å²) in [6, 6.07) is 5.28. The van der Waals surface area contributed by atoms with Crippen molar-refractivity contribution in [2.45, 2.75) is 23.8 Å². The summed E-state index contributed by atoms with van der Waals surface area (Å²) in [6.45, 7) is 0. The van der Waals surface area contributed by atoms with Crippen LogP contribution in [0.15, 0.2) is 23.1 Å². The van der Waals surface area contributed by atoms with Gasteiger partial charge in [0.05, 0.1) is 6.10 Å². The zero-order valence-corrected chi connectivity index (χ0v) is 9.21. The Morgan fingerprint density at radius 2 is 2.27 bits per heavy atom. The van der Waals surface area contributed by atoms with Crippen molar-refractivity contribution in [3.63, 3.8) is 0 Å². The number of ether oxygens (including phenoxy) is 1. The molecule has 0 amide bonds. The van der Waals surface area contributed by atoms with Crippen molar-refractivity contribution in [3.05, 3.63) is 23.8 Å². The molecule has 1 fully saturated rings. The van der Waals surface area contributed by atoms with Crippen molar-refractivity contribution in [1.82, 2.24) is 0 Å². The van der Waals surface area contributed by atoms with Crippen LogP contribution in [0.3, 0.4) is 0 Å². The van der Waals surface area contributed by atoms with Crippen LogP contribution in [-0.2, 0) is 0 Å². The molecule has 1 aliphatic rings. The van der Waals surface area contributed by atoms with Gasteiger partial charge in [0.1, 0.15) is 11.3 Å². The Morgan fingerprint density at radius 3 is 2.80 bits per heavy atom. The van der Waals surface area contributed by atoms with Gasteiger partial charge in [0.25, 0.3) is 0 Å². The molecule has 1 aromatic rings. The summed E-state index contributed by atoms with van der Waals surface area (Å²) in [5, 5.41) is 9.03. The highest BCUT2D eigenvalue weighted by Gasteiger charge is 2.25. The summed E-state index contributed by atoms with van der Waals surface area (Å²) in [6.07, 6.45) is 4.21. The Balaban J connectivity index is 2.29. The van der Waals surface area contributed by atoms with Crippen LogP contribution < -0.4 is 4.74 Å². The number of hydrogen-bond donors (Lipinski definition) is 1. The van der Waals surface area contributed by atoms with Crippen LogP contribution in [0, 0.1) is 0 Å². The number of rotatable bonds is 4. The van der Waals surface area contributed by atoms with Crippen molar-refractivity contribution in [3.8, 4) is 5.75 Å². The first-order valence-corrected chi connectivity index (χ1v) is 6.01. The Bertz CT molecular complexity index is 385. The molecule has 80 valence electrons. The van der Waals surface area contributed by atoms with E-state index in [-0.39, 0.29) is 11.7 Å². The Morgan fingerprint density at radius 1 is 1.53 bits per heavy atom. The minimum atomic E-state index is -0.929. The number of carbonyl (C=O) groups is 1. The summed E-state index contributed by atoms with van der Waals surface area (Å²) < 4.78 is 5.53. The molecular weight excluding hydrogens is 212 g/mol. The second kappa shape index (κ2) is 4.14. The van der Waals surface area contributed by atoms with E-state index in [2.05, 4.69) is 0 Å². The molecule has 3 nitrogen and oxygen atoms in total. The number of benzene rings is 1. The maximum atomic E-state index is 11.0. The van der Waals surface area contributed by atoms with Crippen molar-refractivity contribution in [2.24, 2.45) is 0 Å². The molecule has 1 N–H and O–H groups in total. The van der Waals surface area contributed by atoms with Crippen molar-refractivity contribution < 1.29 is 14.6 Å².